The first-order valence-corrected chi connectivity index (χ1v) is 10.9. The fraction of sp³-hybridized carbons (Fsp3) is 0.240. The average molecular weight is 436 g/mol. The van der Waals surface area contributed by atoms with E-state index >= 15 is 0 Å². The van der Waals surface area contributed by atoms with Gasteiger partial charge in [-0.3, -0.25) is 4.90 Å². The molecule has 0 saturated carbocycles. The molecule has 1 aliphatic heterocycles. The molecule has 3 aromatic carbocycles. The van der Waals surface area contributed by atoms with Gasteiger partial charge in [0.25, 0.3) is 0 Å². The molecular formula is C25H26ClN3O2. The standard InChI is InChI=1S/C25H26ClN3O2/c26-24-12-5-4-8-21(24)18-27-25(30)29-15-13-28(14-16-29)19-20-7-6-11-23(17-20)31-22-9-2-1-3-10-22/h1-12,17H,13-16,18-19H2,(H,27,30). The molecule has 31 heavy (non-hydrogen) atoms. The van der Waals surface area contributed by atoms with Crippen LogP contribution in [0.1, 0.15) is 11.1 Å². The molecule has 1 aliphatic rings. The zero-order chi connectivity index (χ0) is 21.5. The van der Waals surface area contributed by atoms with Crippen LogP contribution in [0.15, 0.2) is 78.9 Å². The van der Waals surface area contributed by atoms with E-state index in [2.05, 4.69) is 22.3 Å². The van der Waals surface area contributed by atoms with Crippen molar-refractivity contribution in [2.24, 2.45) is 0 Å². The van der Waals surface area contributed by atoms with Gasteiger partial charge in [0.1, 0.15) is 11.5 Å². The van der Waals surface area contributed by atoms with Crippen LogP contribution < -0.4 is 10.1 Å². The molecule has 2 amide bonds. The van der Waals surface area contributed by atoms with Gasteiger partial charge in [-0.05, 0) is 41.5 Å². The number of hydrogen-bond donors (Lipinski definition) is 1. The van der Waals surface area contributed by atoms with Crippen LogP contribution in [0.4, 0.5) is 4.79 Å². The number of ether oxygens (including phenoxy) is 1. The van der Waals surface area contributed by atoms with Crippen LogP contribution in [0.5, 0.6) is 11.5 Å². The van der Waals surface area contributed by atoms with Gasteiger partial charge in [-0.2, -0.15) is 0 Å². The number of piperazine rings is 1. The summed E-state index contributed by atoms with van der Waals surface area (Å²) in [5, 5.41) is 3.64. The van der Waals surface area contributed by atoms with Crippen molar-refractivity contribution in [3.8, 4) is 11.5 Å². The number of carbonyl (C=O) groups excluding carboxylic acids is 1. The molecule has 0 radical (unpaired) electrons. The molecule has 5 nitrogen and oxygen atoms in total. The van der Waals surface area contributed by atoms with Crippen molar-refractivity contribution in [3.05, 3.63) is 95.0 Å². The third-order valence-corrected chi connectivity index (χ3v) is 5.70. The number of para-hydroxylation sites is 1. The molecule has 1 heterocycles. The Morgan fingerprint density at radius 3 is 2.35 bits per heavy atom. The van der Waals surface area contributed by atoms with Crippen molar-refractivity contribution in [2.75, 3.05) is 26.2 Å². The second-order valence-electron chi connectivity index (χ2n) is 7.58. The number of benzene rings is 3. The Hall–Kier alpha value is -3.02. The van der Waals surface area contributed by atoms with Gasteiger partial charge in [0.15, 0.2) is 0 Å². The maximum Gasteiger partial charge on any atom is 0.317 e. The third kappa shape index (κ3) is 6.00. The first-order valence-electron chi connectivity index (χ1n) is 10.5. The second kappa shape index (κ2) is 10.3. The highest BCUT2D eigenvalue weighted by molar-refractivity contribution is 6.31. The summed E-state index contributed by atoms with van der Waals surface area (Å²) >= 11 is 6.17. The van der Waals surface area contributed by atoms with Gasteiger partial charge in [0, 0.05) is 44.3 Å². The van der Waals surface area contributed by atoms with E-state index in [1.807, 2.05) is 71.6 Å². The molecule has 0 aliphatic carbocycles. The van der Waals surface area contributed by atoms with E-state index in [-0.39, 0.29) is 6.03 Å². The third-order valence-electron chi connectivity index (χ3n) is 5.33. The topological polar surface area (TPSA) is 44.8 Å². The van der Waals surface area contributed by atoms with Crippen molar-refractivity contribution in [3.63, 3.8) is 0 Å². The minimum Gasteiger partial charge on any atom is -0.457 e. The Morgan fingerprint density at radius 1 is 0.871 bits per heavy atom. The highest BCUT2D eigenvalue weighted by atomic mass is 35.5. The fourth-order valence-electron chi connectivity index (χ4n) is 3.62. The summed E-state index contributed by atoms with van der Waals surface area (Å²) in [6, 6.07) is 25.5. The molecule has 4 rings (SSSR count). The van der Waals surface area contributed by atoms with E-state index in [9.17, 15) is 4.79 Å². The van der Waals surface area contributed by atoms with Crippen LogP contribution in [0, 0.1) is 0 Å². The number of hydrogen-bond acceptors (Lipinski definition) is 3. The Kier molecular flexibility index (Phi) is 7.07. The largest absolute Gasteiger partial charge is 0.457 e. The van der Waals surface area contributed by atoms with Gasteiger partial charge in [0.2, 0.25) is 0 Å². The van der Waals surface area contributed by atoms with Crippen molar-refractivity contribution >= 4 is 17.6 Å². The number of halogens is 1. The van der Waals surface area contributed by atoms with Crippen LogP contribution in [-0.2, 0) is 13.1 Å². The fourth-order valence-corrected chi connectivity index (χ4v) is 3.83. The summed E-state index contributed by atoms with van der Waals surface area (Å²) in [6.07, 6.45) is 0. The highest BCUT2D eigenvalue weighted by Gasteiger charge is 2.21. The maximum atomic E-state index is 12.5. The molecular weight excluding hydrogens is 410 g/mol. The second-order valence-corrected chi connectivity index (χ2v) is 7.98. The van der Waals surface area contributed by atoms with E-state index in [1.54, 1.807) is 0 Å². The van der Waals surface area contributed by atoms with Gasteiger partial charge < -0.3 is 15.0 Å². The van der Waals surface area contributed by atoms with Crippen molar-refractivity contribution < 1.29 is 9.53 Å². The number of rotatable bonds is 6. The van der Waals surface area contributed by atoms with E-state index in [4.69, 9.17) is 16.3 Å². The molecule has 1 saturated heterocycles. The molecule has 0 bridgehead atoms. The number of carbonyl (C=O) groups is 1. The SMILES string of the molecule is O=C(NCc1ccccc1Cl)N1CCN(Cc2cccc(Oc3ccccc3)c2)CC1. The lowest BCUT2D eigenvalue weighted by molar-refractivity contribution is 0.135. The zero-order valence-electron chi connectivity index (χ0n) is 17.3. The molecule has 1 fully saturated rings. The molecule has 0 aromatic heterocycles. The Labute approximate surface area is 188 Å². The minimum absolute atomic E-state index is 0.0437. The Balaban J connectivity index is 1.25. The van der Waals surface area contributed by atoms with E-state index in [1.165, 1.54) is 5.56 Å². The monoisotopic (exact) mass is 435 g/mol. The molecule has 6 heteroatoms. The first-order chi connectivity index (χ1) is 15.2. The molecule has 0 unspecified atom stereocenters. The van der Waals surface area contributed by atoms with E-state index < -0.39 is 0 Å². The number of amides is 2. The quantitative estimate of drug-likeness (QED) is 0.581. The number of nitrogens with zero attached hydrogens (tertiary/aromatic N) is 2. The lowest BCUT2D eigenvalue weighted by Crippen LogP contribution is -2.51. The number of urea groups is 1. The molecule has 1 N–H and O–H groups in total. The van der Waals surface area contributed by atoms with Crippen LogP contribution >= 0.6 is 11.6 Å². The van der Waals surface area contributed by atoms with Crippen LogP contribution in [0.3, 0.4) is 0 Å². The van der Waals surface area contributed by atoms with Crippen molar-refractivity contribution in [1.29, 1.82) is 0 Å². The predicted molar refractivity (Wildman–Crippen MR) is 123 cm³/mol. The van der Waals surface area contributed by atoms with Gasteiger partial charge in [0.05, 0.1) is 0 Å². The first kappa shape index (κ1) is 21.2. The summed E-state index contributed by atoms with van der Waals surface area (Å²) in [7, 11) is 0. The van der Waals surface area contributed by atoms with Gasteiger partial charge in [-0.1, -0.05) is 60.1 Å². The van der Waals surface area contributed by atoms with E-state index in [0.29, 0.717) is 24.7 Å². The average Bonchev–Trinajstić information content (AvgIpc) is 2.80. The molecule has 0 spiro atoms. The van der Waals surface area contributed by atoms with Crippen LogP contribution in [0.25, 0.3) is 0 Å². The maximum absolute atomic E-state index is 12.5. The summed E-state index contributed by atoms with van der Waals surface area (Å²) in [5.74, 6) is 1.66. The lowest BCUT2D eigenvalue weighted by atomic mass is 10.2. The Morgan fingerprint density at radius 2 is 1.58 bits per heavy atom. The van der Waals surface area contributed by atoms with Crippen molar-refractivity contribution in [2.45, 2.75) is 13.1 Å². The lowest BCUT2D eigenvalue weighted by Gasteiger charge is -2.34. The number of nitrogens with one attached hydrogen (secondary N) is 1. The van der Waals surface area contributed by atoms with Gasteiger partial charge >= 0.3 is 6.03 Å². The van der Waals surface area contributed by atoms with E-state index in [0.717, 1.165) is 36.7 Å². The van der Waals surface area contributed by atoms with Crippen molar-refractivity contribution in [1.82, 2.24) is 15.1 Å². The molecule has 160 valence electrons. The molecule has 3 aromatic rings. The zero-order valence-corrected chi connectivity index (χ0v) is 18.1. The summed E-state index contributed by atoms with van der Waals surface area (Å²) in [6.45, 7) is 4.35. The normalized spacial score (nSPS) is 14.3. The van der Waals surface area contributed by atoms with Crippen LogP contribution in [-0.4, -0.2) is 42.0 Å². The smallest absolute Gasteiger partial charge is 0.317 e. The summed E-state index contributed by atoms with van der Waals surface area (Å²) < 4.78 is 5.94. The van der Waals surface area contributed by atoms with Crippen LogP contribution in [0.2, 0.25) is 5.02 Å². The molecule has 0 atom stereocenters. The Bertz CT molecular complexity index is 1000. The van der Waals surface area contributed by atoms with Gasteiger partial charge in [-0.25, -0.2) is 4.79 Å². The summed E-state index contributed by atoms with van der Waals surface area (Å²) in [4.78, 5) is 16.7. The minimum atomic E-state index is -0.0437. The predicted octanol–water partition coefficient (Wildman–Crippen LogP) is 5.16. The highest BCUT2D eigenvalue weighted by Crippen LogP contribution is 2.22. The summed E-state index contributed by atoms with van der Waals surface area (Å²) in [5.41, 5.74) is 2.12. The van der Waals surface area contributed by atoms with Gasteiger partial charge in [-0.15, -0.1) is 0 Å².